The molecule has 0 spiro atoms. The number of ether oxygens (including phenoxy) is 1. The summed E-state index contributed by atoms with van der Waals surface area (Å²) in [4.78, 5) is 0. The molecule has 1 heteroatoms. The highest BCUT2D eigenvalue weighted by atomic mass is 16.5. The molecular weight excluding hydrogens is 292 g/mol. The fourth-order valence-electron chi connectivity index (χ4n) is 4.69. The minimum Gasteiger partial charge on any atom is -0.374 e. The van der Waals surface area contributed by atoms with E-state index in [1.54, 1.807) is 0 Å². The predicted octanol–water partition coefficient (Wildman–Crippen LogP) is 7.08. The van der Waals surface area contributed by atoms with E-state index in [4.69, 9.17) is 4.74 Å². The standard InChI is InChI=1S/C23H40O/c1-3-5-6-7-8-20-9-11-21(12-10-20)13-14-22-15-17-23(18-16-22)24-19-4-2/h4-6,20-23H,2-3,7-19H2,1H3/b6-5+/t20-,21-,22-,23-. The molecule has 2 rings (SSSR count). The number of rotatable bonds is 10. The first-order valence-corrected chi connectivity index (χ1v) is 10.7. The maximum atomic E-state index is 5.81. The van der Waals surface area contributed by atoms with Crippen LogP contribution in [0.25, 0.3) is 0 Å². The lowest BCUT2D eigenvalue weighted by Gasteiger charge is -2.32. The molecule has 0 atom stereocenters. The first-order valence-electron chi connectivity index (χ1n) is 10.7. The summed E-state index contributed by atoms with van der Waals surface area (Å²) in [5.74, 6) is 3.02. The highest BCUT2D eigenvalue weighted by molar-refractivity contribution is 4.83. The zero-order valence-electron chi connectivity index (χ0n) is 16.1. The van der Waals surface area contributed by atoms with Gasteiger partial charge in [0.05, 0.1) is 12.7 Å². The molecule has 0 bridgehead atoms. The molecule has 0 aromatic heterocycles. The van der Waals surface area contributed by atoms with Crippen LogP contribution in [0.2, 0.25) is 0 Å². The molecule has 2 aliphatic carbocycles. The lowest BCUT2D eigenvalue weighted by atomic mass is 9.76. The summed E-state index contributed by atoms with van der Waals surface area (Å²) in [5, 5.41) is 0. The summed E-state index contributed by atoms with van der Waals surface area (Å²) in [6.07, 6.45) is 25.3. The van der Waals surface area contributed by atoms with Gasteiger partial charge in [-0.2, -0.15) is 0 Å². The van der Waals surface area contributed by atoms with E-state index in [1.807, 2.05) is 6.08 Å². The molecular formula is C23H40O. The normalized spacial score (nSPS) is 31.4. The van der Waals surface area contributed by atoms with Crippen LogP contribution in [0.5, 0.6) is 0 Å². The van der Waals surface area contributed by atoms with Gasteiger partial charge in [-0.25, -0.2) is 0 Å². The Morgan fingerprint density at radius 3 is 1.88 bits per heavy atom. The molecule has 0 heterocycles. The van der Waals surface area contributed by atoms with Crippen molar-refractivity contribution in [3.63, 3.8) is 0 Å². The molecule has 2 aliphatic rings. The van der Waals surface area contributed by atoms with Gasteiger partial charge in [-0.3, -0.25) is 0 Å². The molecule has 0 saturated heterocycles. The Bertz CT molecular complexity index is 343. The molecule has 0 unspecified atom stereocenters. The number of allylic oxidation sites excluding steroid dienone is 2. The van der Waals surface area contributed by atoms with Gasteiger partial charge in [0, 0.05) is 0 Å². The fraction of sp³-hybridized carbons (Fsp3) is 0.826. The molecule has 1 nitrogen and oxygen atoms in total. The van der Waals surface area contributed by atoms with Gasteiger partial charge in [0.1, 0.15) is 0 Å². The van der Waals surface area contributed by atoms with Gasteiger partial charge in [-0.15, -0.1) is 6.58 Å². The molecule has 0 amide bonds. The van der Waals surface area contributed by atoms with Crippen molar-refractivity contribution in [3.05, 3.63) is 24.8 Å². The predicted molar refractivity (Wildman–Crippen MR) is 105 cm³/mol. The van der Waals surface area contributed by atoms with Crippen molar-refractivity contribution in [3.8, 4) is 0 Å². The van der Waals surface area contributed by atoms with Crippen molar-refractivity contribution in [1.82, 2.24) is 0 Å². The SMILES string of the molecule is C=CCO[C@H]1CC[C@H](CC[C@H]2CC[C@H](CC/C=C/CC)CC2)CC1. The lowest BCUT2D eigenvalue weighted by Crippen LogP contribution is -2.22. The van der Waals surface area contributed by atoms with Crippen molar-refractivity contribution in [1.29, 1.82) is 0 Å². The van der Waals surface area contributed by atoms with Crippen LogP contribution in [0.1, 0.15) is 90.4 Å². The molecule has 0 aliphatic heterocycles. The van der Waals surface area contributed by atoms with Crippen molar-refractivity contribution < 1.29 is 4.74 Å². The van der Waals surface area contributed by atoms with Crippen LogP contribution in [0.3, 0.4) is 0 Å². The molecule has 138 valence electrons. The number of hydrogen-bond donors (Lipinski definition) is 0. The fourth-order valence-corrected chi connectivity index (χ4v) is 4.69. The Morgan fingerprint density at radius 2 is 1.33 bits per heavy atom. The van der Waals surface area contributed by atoms with E-state index < -0.39 is 0 Å². The monoisotopic (exact) mass is 332 g/mol. The lowest BCUT2D eigenvalue weighted by molar-refractivity contribution is 0.0326. The summed E-state index contributed by atoms with van der Waals surface area (Å²) >= 11 is 0. The minimum atomic E-state index is 0.511. The third-order valence-electron chi connectivity index (χ3n) is 6.34. The highest BCUT2D eigenvalue weighted by Gasteiger charge is 2.24. The van der Waals surface area contributed by atoms with Gasteiger partial charge in [0.25, 0.3) is 0 Å². The Labute approximate surface area is 150 Å². The molecule has 2 fully saturated rings. The highest BCUT2D eigenvalue weighted by Crippen LogP contribution is 2.37. The van der Waals surface area contributed by atoms with Crippen LogP contribution in [0.4, 0.5) is 0 Å². The Kier molecular flexibility index (Phi) is 9.80. The second-order valence-electron chi connectivity index (χ2n) is 8.19. The van der Waals surface area contributed by atoms with Gasteiger partial charge in [0.2, 0.25) is 0 Å². The largest absolute Gasteiger partial charge is 0.374 e. The van der Waals surface area contributed by atoms with Gasteiger partial charge in [-0.1, -0.05) is 63.7 Å². The third kappa shape index (κ3) is 7.55. The average molecular weight is 333 g/mol. The van der Waals surface area contributed by atoms with E-state index in [1.165, 1.54) is 83.5 Å². The summed E-state index contributed by atoms with van der Waals surface area (Å²) in [7, 11) is 0. The van der Waals surface area contributed by atoms with Crippen molar-refractivity contribution in [2.24, 2.45) is 17.8 Å². The van der Waals surface area contributed by atoms with Crippen molar-refractivity contribution in [2.75, 3.05) is 6.61 Å². The van der Waals surface area contributed by atoms with E-state index >= 15 is 0 Å². The summed E-state index contributed by atoms with van der Waals surface area (Å²) in [6, 6.07) is 0. The summed E-state index contributed by atoms with van der Waals surface area (Å²) < 4.78 is 5.81. The second kappa shape index (κ2) is 11.9. The zero-order chi connectivity index (χ0) is 17.0. The Morgan fingerprint density at radius 1 is 0.792 bits per heavy atom. The molecule has 2 saturated carbocycles. The second-order valence-corrected chi connectivity index (χ2v) is 8.19. The van der Waals surface area contributed by atoms with Gasteiger partial charge in [-0.05, 0) is 62.7 Å². The quantitative estimate of drug-likeness (QED) is 0.388. The maximum Gasteiger partial charge on any atom is 0.0648 e. The topological polar surface area (TPSA) is 9.23 Å². The van der Waals surface area contributed by atoms with Crippen LogP contribution in [-0.4, -0.2) is 12.7 Å². The number of hydrogen-bond acceptors (Lipinski definition) is 1. The van der Waals surface area contributed by atoms with E-state index in [9.17, 15) is 0 Å². The Balaban J connectivity index is 1.52. The Hall–Kier alpha value is -0.560. The van der Waals surface area contributed by atoms with E-state index in [0.29, 0.717) is 6.10 Å². The third-order valence-corrected chi connectivity index (χ3v) is 6.34. The molecule has 0 N–H and O–H groups in total. The first kappa shape index (κ1) is 19.8. The van der Waals surface area contributed by atoms with Crippen LogP contribution in [-0.2, 0) is 4.74 Å². The van der Waals surface area contributed by atoms with E-state index in [0.717, 1.165) is 24.4 Å². The van der Waals surface area contributed by atoms with Crippen molar-refractivity contribution >= 4 is 0 Å². The van der Waals surface area contributed by atoms with Gasteiger partial charge >= 0.3 is 0 Å². The van der Waals surface area contributed by atoms with Gasteiger partial charge < -0.3 is 4.74 Å². The maximum absolute atomic E-state index is 5.81. The van der Waals surface area contributed by atoms with Crippen LogP contribution < -0.4 is 0 Å². The summed E-state index contributed by atoms with van der Waals surface area (Å²) in [5.41, 5.74) is 0. The van der Waals surface area contributed by atoms with Crippen LogP contribution in [0, 0.1) is 17.8 Å². The molecule has 0 aromatic carbocycles. The smallest absolute Gasteiger partial charge is 0.0648 e. The van der Waals surface area contributed by atoms with Gasteiger partial charge in [0.15, 0.2) is 0 Å². The van der Waals surface area contributed by atoms with Crippen molar-refractivity contribution in [2.45, 2.75) is 96.5 Å². The van der Waals surface area contributed by atoms with Crippen LogP contribution in [0.15, 0.2) is 24.8 Å². The van der Waals surface area contributed by atoms with E-state index in [2.05, 4.69) is 25.7 Å². The minimum absolute atomic E-state index is 0.511. The van der Waals surface area contributed by atoms with Crippen LogP contribution >= 0.6 is 0 Å². The molecule has 24 heavy (non-hydrogen) atoms. The van der Waals surface area contributed by atoms with E-state index in [-0.39, 0.29) is 0 Å². The average Bonchev–Trinajstić information content (AvgIpc) is 2.64. The molecule has 0 aromatic rings. The molecule has 0 radical (unpaired) electrons. The zero-order valence-corrected chi connectivity index (χ0v) is 16.1. The first-order chi connectivity index (χ1) is 11.8. The summed E-state index contributed by atoms with van der Waals surface area (Å²) in [6.45, 7) is 6.70.